The van der Waals surface area contributed by atoms with Crippen LogP contribution in [0.5, 0.6) is 0 Å². The molecule has 0 aliphatic heterocycles. The molecule has 0 atom stereocenters. The summed E-state index contributed by atoms with van der Waals surface area (Å²) < 4.78 is 25.8. The maximum Gasteiger partial charge on any atom is 0.173 e. The summed E-state index contributed by atoms with van der Waals surface area (Å²) in [6.07, 6.45) is 0. The van der Waals surface area contributed by atoms with Crippen LogP contribution >= 0.6 is 11.8 Å². The zero-order valence-corrected chi connectivity index (χ0v) is 11.1. The zero-order chi connectivity index (χ0) is 13.8. The molecule has 98 valence electrons. The molecule has 0 aliphatic rings. The van der Waals surface area contributed by atoms with Crippen molar-refractivity contribution < 1.29 is 13.6 Å². The van der Waals surface area contributed by atoms with E-state index < -0.39 is 11.6 Å². The van der Waals surface area contributed by atoms with Crippen LogP contribution in [0.3, 0.4) is 0 Å². The minimum absolute atomic E-state index is 0.0292. The lowest BCUT2D eigenvalue weighted by molar-refractivity contribution is 0.102. The van der Waals surface area contributed by atoms with Crippen molar-refractivity contribution in [1.82, 2.24) is 0 Å². The van der Waals surface area contributed by atoms with Crippen LogP contribution in [0.25, 0.3) is 0 Å². The van der Waals surface area contributed by atoms with Gasteiger partial charge in [0.15, 0.2) is 17.4 Å². The number of carbonyl (C=O) groups is 1. The van der Waals surface area contributed by atoms with E-state index in [9.17, 15) is 13.6 Å². The highest BCUT2D eigenvalue weighted by molar-refractivity contribution is 8.00. The van der Waals surface area contributed by atoms with Crippen LogP contribution in [0, 0.1) is 18.6 Å². The fourth-order valence-corrected chi connectivity index (χ4v) is 2.43. The van der Waals surface area contributed by atoms with Gasteiger partial charge in [0, 0.05) is 10.5 Å². The summed E-state index contributed by atoms with van der Waals surface area (Å²) in [7, 11) is 0. The first-order valence-corrected chi connectivity index (χ1v) is 6.72. The van der Waals surface area contributed by atoms with Gasteiger partial charge in [0.2, 0.25) is 0 Å². The van der Waals surface area contributed by atoms with E-state index in [0.29, 0.717) is 10.5 Å². The molecule has 0 heterocycles. The van der Waals surface area contributed by atoms with E-state index in [0.717, 1.165) is 17.7 Å². The molecular formula is C15H12F2OS. The first-order valence-electron chi connectivity index (χ1n) is 5.74. The number of hydrogen-bond donors (Lipinski definition) is 0. The van der Waals surface area contributed by atoms with Crippen LogP contribution in [-0.2, 0) is 0 Å². The van der Waals surface area contributed by atoms with E-state index in [4.69, 9.17) is 0 Å². The smallest absolute Gasteiger partial charge is 0.173 e. The van der Waals surface area contributed by atoms with Gasteiger partial charge in [-0.2, -0.15) is 0 Å². The van der Waals surface area contributed by atoms with Gasteiger partial charge in [-0.05, 0) is 31.2 Å². The summed E-state index contributed by atoms with van der Waals surface area (Å²) in [6.45, 7) is 1.92. The van der Waals surface area contributed by atoms with Crippen molar-refractivity contribution in [2.75, 3.05) is 5.75 Å². The molecule has 2 aromatic rings. The lowest BCUT2D eigenvalue weighted by Crippen LogP contribution is -2.02. The maximum atomic E-state index is 13.0. The van der Waals surface area contributed by atoms with Gasteiger partial charge in [0.25, 0.3) is 0 Å². The first-order chi connectivity index (χ1) is 9.06. The predicted octanol–water partition coefficient (Wildman–Crippen LogP) is 4.25. The molecule has 0 saturated heterocycles. The average Bonchev–Trinajstić information content (AvgIpc) is 2.40. The fourth-order valence-electron chi connectivity index (χ4n) is 1.62. The molecule has 0 spiro atoms. The van der Waals surface area contributed by atoms with E-state index in [1.165, 1.54) is 17.8 Å². The van der Waals surface area contributed by atoms with E-state index >= 15 is 0 Å². The van der Waals surface area contributed by atoms with Gasteiger partial charge in [-0.1, -0.05) is 23.8 Å². The van der Waals surface area contributed by atoms with Crippen molar-refractivity contribution in [2.45, 2.75) is 11.8 Å². The minimum Gasteiger partial charge on any atom is -0.293 e. The molecule has 4 heteroatoms. The summed E-state index contributed by atoms with van der Waals surface area (Å²) in [4.78, 5) is 12.5. The summed E-state index contributed by atoms with van der Waals surface area (Å²) in [5.41, 5.74) is 1.65. The Bertz CT molecular complexity index is 611. The van der Waals surface area contributed by atoms with Gasteiger partial charge in [-0.15, -0.1) is 11.8 Å². The monoisotopic (exact) mass is 278 g/mol. The molecule has 0 aliphatic carbocycles. The highest BCUT2D eigenvalue weighted by atomic mass is 32.2. The number of thioether (sulfide) groups is 1. The molecule has 0 N–H and O–H groups in total. The molecule has 0 saturated carbocycles. The van der Waals surface area contributed by atoms with Gasteiger partial charge in [-0.25, -0.2) is 8.78 Å². The van der Waals surface area contributed by atoms with Crippen LogP contribution in [-0.4, -0.2) is 11.5 Å². The number of rotatable bonds is 4. The van der Waals surface area contributed by atoms with Crippen LogP contribution in [0.1, 0.15) is 15.9 Å². The van der Waals surface area contributed by atoms with Crippen LogP contribution in [0.15, 0.2) is 47.4 Å². The molecule has 19 heavy (non-hydrogen) atoms. The van der Waals surface area contributed by atoms with Gasteiger partial charge in [-0.3, -0.25) is 4.79 Å². The van der Waals surface area contributed by atoms with Crippen LogP contribution < -0.4 is 0 Å². The third kappa shape index (κ3) is 3.64. The Morgan fingerprint density at radius 3 is 2.58 bits per heavy atom. The molecule has 2 aromatic carbocycles. The third-order valence-corrected chi connectivity index (χ3v) is 3.59. The second-order valence-corrected chi connectivity index (χ2v) is 5.21. The minimum atomic E-state index is -0.895. The highest BCUT2D eigenvalue weighted by Crippen LogP contribution is 2.21. The summed E-state index contributed by atoms with van der Waals surface area (Å²) in [6, 6.07) is 10.9. The standard InChI is InChI=1S/C15H12F2OS/c1-10-3-2-4-11(7-10)15(18)9-19-12-5-6-13(16)14(17)8-12/h2-8H,9H2,1H3. The van der Waals surface area contributed by atoms with Crippen molar-refractivity contribution in [3.05, 3.63) is 65.2 Å². The number of carbonyl (C=O) groups excluding carboxylic acids is 1. The Hall–Kier alpha value is -1.68. The molecule has 0 aromatic heterocycles. The van der Waals surface area contributed by atoms with E-state index in [2.05, 4.69) is 0 Å². The van der Waals surface area contributed by atoms with Crippen LogP contribution in [0.2, 0.25) is 0 Å². The van der Waals surface area contributed by atoms with E-state index in [1.54, 1.807) is 6.07 Å². The number of Topliss-reactive ketones (excluding diaryl/α,β-unsaturated/α-hetero) is 1. The Balaban J connectivity index is 2.02. The van der Waals surface area contributed by atoms with Crippen molar-refractivity contribution in [3.63, 3.8) is 0 Å². The van der Waals surface area contributed by atoms with Gasteiger partial charge >= 0.3 is 0 Å². The average molecular weight is 278 g/mol. The van der Waals surface area contributed by atoms with Gasteiger partial charge in [0.1, 0.15) is 0 Å². The maximum absolute atomic E-state index is 13.0. The number of halogens is 2. The van der Waals surface area contributed by atoms with Crippen LogP contribution in [0.4, 0.5) is 8.78 Å². The Morgan fingerprint density at radius 2 is 1.89 bits per heavy atom. The lowest BCUT2D eigenvalue weighted by Gasteiger charge is -2.03. The predicted molar refractivity (Wildman–Crippen MR) is 72.6 cm³/mol. The number of aryl methyl sites for hydroxylation is 1. The zero-order valence-electron chi connectivity index (χ0n) is 10.3. The molecular weight excluding hydrogens is 266 g/mol. The first kappa shape index (κ1) is 13.7. The van der Waals surface area contributed by atoms with Gasteiger partial charge in [0.05, 0.1) is 5.75 Å². The Kier molecular flexibility index (Phi) is 4.32. The second-order valence-electron chi connectivity index (χ2n) is 4.16. The van der Waals surface area contributed by atoms with Gasteiger partial charge < -0.3 is 0 Å². The number of hydrogen-bond acceptors (Lipinski definition) is 2. The van der Waals surface area contributed by atoms with E-state index in [1.807, 2.05) is 25.1 Å². The third-order valence-electron chi connectivity index (χ3n) is 2.60. The normalized spacial score (nSPS) is 10.5. The van der Waals surface area contributed by atoms with Crippen molar-refractivity contribution in [2.24, 2.45) is 0 Å². The fraction of sp³-hybridized carbons (Fsp3) is 0.133. The van der Waals surface area contributed by atoms with Crippen molar-refractivity contribution in [3.8, 4) is 0 Å². The quantitative estimate of drug-likeness (QED) is 0.614. The molecule has 0 unspecified atom stereocenters. The van der Waals surface area contributed by atoms with Crippen molar-refractivity contribution in [1.29, 1.82) is 0 Å². The van der Waals surface area contributed by atoms with E-state index in [-0.39, 0.29) is 11.5 Å². The molecule has 1 nitrogen and oxygen atoms in total. The lowest BCUT2D eigenvalue weighted by atomic mass is 10.1. The number of benzene rings is 2. The molecule has 2 rings (SSSR count). The number of ketones is 1. The molecule has 0 radical (unpaired) electrons. The summed E-state index contributed by atoms with van der Waals surface area (Å²) >= 11 is 1.20. The Morgan fingerprint density at radius 1 is 1.11 bits per heavy atom. The summed E-state index contributed by atoms with van der Waals surface area (Å²) in [5, 5.41) is 0. The summed E-state index contributed by atoms with van der Waals surface area (Å²) in [5.74, 6) is -1.60. The van der Waals surface area contributed by atoms with Crippen molar-refractivity contribution >= 4 is 17.5 Å². The second kappa shape index (κ2) is 5.97. The largest absolute Gasteiger partial charge is 0.293 e. The molecule has 0 amide bonds. The SMILES string of the molecule is Cc1cccc(C(=O)CSc2ccc(F)c(F)c2)c1. The topological polar surface area (TPSA) is 17.1 Å². The Labute approximate surface area is 114 Å². The molecule has 0 fully saturated rings. The highest BCUT2D eigenvalue weighted by Gasteiger charge is 2.08. The molecule has 0 bridgehead atoms.